The van der Waals surface area contributed by atoms with E-state index in [0.29, 0.717) is 5.02 Å². The van der Waals surface area contributed by atoms with E-state index >= 15 is 0 Å². The number of alkyl halides is 1. The van der Waals surface area contributed by atoms with E-state index in [9.17, 15) is 8.42 Å². The molecular weight excluding hydrogens is 350 g/mol. The number of nitrogens with one attached hydrogen (secondary N) is 1. The van der Waals surface area contributed by atoms with Gasteiger partial charge in [-0.05, 0) is 37.1 Å². The van der Waals surface area contributed by atoms with Gasteiger partial charge in [0, 0.05) is 15.9 Å². The van der Waals surface area contributed by atoms with Crippen LogP contribution in [0.15, 0.2) is 29.2 Å². The van der Waals surface area contributed by atoms with Crippen molar-refractivity contribution in [3.63, 3.8) is 0 Å². The molecule has 0 aliphatic heterocycles. The number of sulfonamides is 1. The topological polar surface area (TPSA) is 46.2 Å². The first-order valence-corrected chi connectivity index (χ1v) is 9.19. The lowest BCUT2D eigenvalue weighted by atomic mass is 10.1. The van der Waals surface area contributed by atoms with Crippen LogP contribution in [0.5, 0.6) is 0 Å². The molecule has 1 fully saturated rings. The smallest absolute Gasteiger partial charge is 0.207 e. The van der Waals surface area contributed by atoms with Gasteiger partial charge in [0.15, 0.2) is 0 Å². The van der Waals surface area contributed by atoms with E-state index in [2.05, 4.69) is 20.7 Å². The van der Waals surface area contributed by atoms with E-state index in [-0.39, 0.29) is 15.8 Å². The summed E-state index contributed by atoms with van der Waals surface area (Å²) >= 11 is 9.37. The molecule has 106 valence electrons. The first-order valence-electron chi connectivity index (χ1n) is 6.41. The molecule has 1 N–H and O–H groups in total. The van der Waals surface area contributed by atoms with E-state index < -0.39 is 10.0 Å². The van der Waals surface area contributed by atoms with Crippen LogP contribution in [-0.2, 0) is 10.0 Å². The van der Waals surface area contributed by atoms with E-state index in [1.165, 1.54) is 18.6 Å². The van der Waals surface area contributed by atoms with Crippen LogP contribution in [0.1, 0.15) is 32.1 Å². The quantitative estimate of drug-likeness (QED) is 0.654. The van der Waals surface area contributed by atoms with Gasteiger partial charge in [-0.25, -0.2) is 13.1 Å². The van der Waals surface area contributed by atoms with E-state index in [0.717, 1.165) is 25.7 Å². The van der Waals surface area contributed by atoms with E-state index in [4.69, 9.17) is 11.6 Å². The molecule has 0 spiro atoms. The summed E-state index contributed by atoms with van der Waals surface area (Å²) in [5.41, 5.74) is 0. The highest BCUT2D eigenvalue weighted by molar-refractivity contribution is 9.09. The number of rotatable bonds is 3. The van der Waals surface area contributed by atoms with Gasteiger partial charge in [0.2, 0.25) is 10.0 Å². The lowest BCUT2D eigenvalue weighted by molar-refractivity contribution is 0.521. The highest BCUT2D eigenvalue weighted by Gasteiger charge is 2.26. The molecule has 6 heteroatoms. The Kier molecular flexibility index (Phi) is 5.29. The van der Waals surface area contributed by atoms with Crippen molar-refractivity contribution in [1.29, 1.82) is 0 Å². The molecule has 2 rings (SSSR count). The second kappa shape index (κ2) is 6.57. The van der Waals surface area contributed by atoms with Crippen LogP contribution in [0.4, 0.5) is 0 Å². The molecule has 0 bridgehead atoms. The predicted octanol–water partition coefficient (Wildman–Crippen LogP) is 3.71. The molecule has 0 heterocycles. The van der Waals surface area contributed by atoms with Gasteiger partial charge in [0.1, 0.15) is 0 Å². The second-order valence-electron chi connectivity index (χ2n) is 4.84. The maximum Gasteiger partial charge on any atom is 0.240 e. The summed E-state index contributed by atoms with van der Waals surface area (Å²) in [5, 5.41) is 0.534. The molecule has 1 aliphatic rings. The molecule has 3 nitrogen and oxygen atoms in total. The van der Waals surface area contributed by atoms with Gasteiger partial charge in [-0.15, -0.1) is 0 Å². The van der Waals surface area contributed by atoms with Gasteiger partial charge in [-0.1, -0.05) is 46.8 Å². The van der Waals surface area contributed by atoms with Gasteiger partial charge in [-0.2, -0.15) is 0 Å². The molecule has 0 aromatic heterocycles. The molecule has 0 saturated heterocycles. The first kappa shape index (κ1) is 15.3. The van der Waals surface area contributed by atoms with Gasteiger partial charge in [0.25, 0.3) is 0 Å². The Labute approximate surface area is 127 Å². The maximum absolute atomic E-state index is 12.3. The van der Waals surface area contributed by atoms with Crippen molar-refractivity contribution in [2.45, 2.75) is 47.9 Å². The van der Waals surface area contributed by atoms with Crippen molar-refractivity contribution in [3.05, 3.63) is 29.3 Å². The lowest BCUT2D eigenvalue weighted by Gasteiger charge is -2.21. The van der Waals surface area contributed by atoms with E-state index in [1.807, 2.05) is 0 Å². The fourth-order valence-corrected chi connectivity index (χ4v) is 4.61. The monoisotopic (exact) mass is 365 g/mol. The van der Waals surface area contributed by atoms with E-state index in [1.54, 1.807) is 12.1 Å². The zero-order valence-electron chi connectivity index (χ0n) is 10.5. The standard InChI is InChI=1S/C13H17BrClNO2S/c14-12-4-2-1-3-5-13(12)16-19(17,18)11-8-6-10(15)7-9-11/h6-9,12-13,16H,1-5H2. The van der Waals surface area contributed by atoms with Crippen molar-refractivity contribution in [3.8, 4) is 0 Å². The second-order valence-corrected chi connectivity index (χ2v) is 8.16. The molecular formula is C13H17BrClNO2S. The van der Waals surface area contributed by atoms with Crippen LogP contribution >= 0.6 is 27.5 Å². The third-order valence-corrected chi connectivity index (χ3v) is 6.22. The molecule has 2 atom stereocenters. The number of halogens is 2. The Bertz CT molecular complexity index is 518. The average Bonchev–Trinajstić information content (AvgIpc) is 2.55. The van der Waals surface area contributed by atoms with Crippen molar-refractivity contribution < 1.29 is 8.42 Å². The Morgan fingerprint density at radius 1 is 1.11 bits per heavy atom. The summed E-state index contributed by atoms with van der Waals surface area (Å²) in [6, 6.07) is 6.21. The van der Waals surface area contributed by atoms with Gasteiger partial charge in [-0.3, -0.25) is 0 Å². The predicted molar refractivity (Wildman–Crippen MR) is 81.4 cm³/mol. The van der Waals surface area contributed by atoms with Crippen molar-refractivity contribution in [2.75, 3.05) is 0 Å². The fourth-order valence-electron chi connectivity index (χ4n) is 2.28. The Morgan fingerprint density at radius 2 is 1.74 bits per heavy atom. The Balaban J connectivity index is 2.13. The van der Waals surface area contributed by atoms with Crippen LogP contribution in [0.2, 0.25) is 5.02 Å². The molecule has 0 radical (unpaired) electrons. The molecule has 1 saturated carbocycles. The van der Waals surface area contributed by atoms with Crippen LogP contribution in [0.25, 0.3) is 0 Å². The summed E-state index contributed by atoms with van der Waals surface area (Å²) in [4.78, 5) is 0.470. The van der Waals surface area contributed by atoms with Gasteiger partial charge >= 0.3 is 0 Å². The molecule has 0 amide bonds. The Morgan fingerprint density at radius 3 is 2.42 bits per heavy atom. The highest BCUT2D eigenvalue weighted by Crippen LogP contribution is 2.25. The molecule has 1 aromatic rings. The average molecular weight is 367 g/mol. The molecule has 1 aliphatic carbocycles. The van der Waals surface area contributed by atoms with Gasteiger partial charge < -0.3 is 0 Å². The van der Waals surface area contributed by atoms with Crippen LogP contribution in [0.3, 0.4) is 0 Å². The summed E-state index contributed by atoms with van der Waals surface area (Å²) in [7, 11) is -3.46. The van der Waals surface area contributed by atoms with Crippen molar-refractivity contribution >= 4 is 37.6 Å². The molecule has 2 unspecified atom stereocenters. The third kappa shape index (κ3) is 4.18. The summed E-state index contributed by atoms with van der Waals surface area (Å²) in [6.45, 7) is 0. The largest absolute Gasteiger partial charge is 0.240 e. The third-order valence-electron chi connectivity index (χ3n) is 3.36. The maximum atomic E-state index is 12.3. The van der Waals surface area contributed by atoms with Crippen molar-refractivity contribution in [1.82, 2.24) is 4.72 Å². The lowest BCUT2D eigenvalue weighted by Crippen LogP contribution is -2.40. The number of hydrogen-bond acceptors (Lipinski definition) is 2. The summed E-state index contributed by atoms with van der Waals surface area (Å²) < 4.78 is 27.4. The summed E-state index contributed by atoms with van der Waals surface area (Å²) in [5.74, 6) is 0. The molecule has 1 aromatic carbocycles. The summed E-state index contributed by atoms with van der Waals surface area (Å²) in [6.07, 6.45) is 5.27. The van der Waals surface area contributed by atoms with Crippen LogP contribution in [-0.4, -0.2) is 19.3 Å². The SMILES string of the molecule is O=S(=O)(NC1CCCCCC1Br)c1ccc(Cl)cc1. The minimum Gasteiger partial charge on any atom is -0.207 e. The zero-order chi connectivity index (χ0) is 13.9. The fraction of sp³-hybridized carbons (Fsp3) is 0.538. The van der Waals surface area contributed by atoms with Crippen molar-refractivity contribution in [2.24, 2.45) is 0 Å². The van der Waals surface area contributed by atoms with Crippen LogP contribution < -0.4 is 4.72 Å². The number of hydrogen-bond donors (Lipinski definition) is 1. The van der Waals surface area contributed by atoms with Crippen LogP contribution in [0, 0.1) is 0 Å². The molecule has 19 heavy (non-hydrogen) atoms. The Hall–Kier alpha value is -0.100. The normalized spacial score (nSPS) is 24.9. The zero-order valence-corrected chi connectivity index (χ0v) is 13.6. The number of benzene rings is 1. The van der Waals surface area contributed by atoms with Gasteiger partial charge in [0.05, 0.1) is 4.90 Å². The highest BCUT2D eigenvalue weighted by atomic mass is 79.9. The minimum atomic E-state index is -3.46. The first-order chi connectivity index (χ1) is 8.99. The minimum absolute atomic E-state index is 0.0387.